The number of cyclic esters (lactones) is 1. The summed E-state index contributed by atoms with van der Waals surface area (Å²) in [6.45, 7) is 0.446. The van der Waals surface area contributed by atoms with Gasteiger partial charge in [0.2, 0.25) is 12.5 Å². The first-order valence-electron chi connectivity index (χ1n) is 12.7. The van der Waals surface area contributed by atoms with Crippen molar-refractivity contribution in [2.45, 2.75) is 24.9 Å². The first kappa shape index (κ1) is 26.9. The number of ether oxygens (including phenoxy) is 7. The number of carbonyl (C=O) groups excluding carboxylic acids is 1. The van der Waals surface area contributed by atoms with Crippen LogP contribution in [-0.2, 0) is 11.2 Å². The van der Waals surface area contributed by atoms with Crippen molar-refractivity contribution in [3.8, 4) is 45.6 Å². The van der Waals surface area contributed by atoms with Crippen molar-refractivity contribution in [3.05, 3.63) is 58.7 Å². The number of likely N-dealkylation sites (N-methyl/N-ethyl adjacent to an activating group) is 1. The Morgan fingerprint density at radius 1 is 0.951 bits per heavy atom. The van der Waals surface area contributed by atoms with Crippen LogP contribution in [0.5, 0.6) is 34.5 Å². The Kier molecular flexibility index (Phi) is 6.52. The lowest BCUT2D eigenvalue weighted by Gasteiger charge is -2.39. The number of carbonyl (C=O) groups is 1. The largest absolute Gasteiger partial charge is 0.573 e. The van der Waals surface area contributed by atoms with Crippen LogP contribution in [0.15, 0.2) is 36.4 Å². The highest BCUT2D eigenvalue weighted by Crippen LogP contribution is 2.59. The van der Waals surface area contributed by atoms with E-state index in [1.807, 2.05) is 11.9 Å². The summed E-state index contributed by atoms with van der Waals surface area (Å²) in [4.78, 5) is 15.3. The minimum absolute atomic E-state index is 0.0981. The van der Waals surface area contributed by atoms with E-state index in [0.29, 0.717) is 58.2 Å². The molecule has 6 rings (SSSR count). The van der Waals surface area contributed by atoms with Crippen LogP contribution in [-0.4, -0.2) is 58.9 Å². The van der Waals surface area contributed by atoms with Crippen molar-refractivity contribution in [2.75, 3.05) is 41.7 Å². The highest BCUT2D eigenvalue weighted by atomic mass is 19.4. The summed E-state index contributed by atoms with van der Waals surface area (Å²) in [6.07, 6.45) is -5.10. The van der Waals surface area contributed by atoms with E-state index in [1.54, 1.807) is 18.2 Å². The first-order valence-corrected chi connectivity index (χ1v) is 12.7. The SMILES string of the molecule is COc1ccc2c(c1OC)C(=O)O[C@@H]2[C@H]1c2c(c(-c3cccc(OC(F)(F)F)c3)c3c(c2OC)OCO3)CCN1C. The van der Waals surface area contributed by atoms with Gasteiger partial charge in [0, 0.05) is 23.2 Å². The number of nitrogens with zero attached hydrogens (tertiary/aromatic N) is 1. The molecular weight excluding hydrogens is 547 g/mol. The third kappa shape index (κ3) is 4.33. The smallest absolute Gasteiger partial charge is 0.493 e. The van der Waals surface area contributed by atoms with Crippen molar-refractivity contribution >= 4 is 5.97 Å². The van der Waals surface area contributed by atoms with Crippen molar-refractivity contribution in [1.29, 1.82) is 0 Å². The van der Waals surface area contributed by atoms with Crippen molar-refractivity contribution in [2.24, 2.45) is 0 Å². The Morgan fingerprint density at radius 2 is 1.71 bits per heavy atom. The molecule has 0 aromatic heterocycles. The molecule has 0 fully saturated rings. The van der Waals surface area contributed by atoms with Gasteiger partial charge in [-0.2, -0.15) is 0 Å². The van der Waals surface area contributed by atoms with Crippen LogP contribution in [0.2, 0.25) is 0 Å². The van der Waals surface area contributed by atoms with E-state index in [0.717, 1.165) is 5.56 Å². The molecular formula is C29H26F3NO8. The van der Waals surface area contributed by atoms with Gasteiger partial charge in [-0.15, -0.1) is 13.2 Å². The summed E-state index contributed by atoms with van der Waals surface area (Å²) in [5, 5.41) is 0. The molecule has 3 aliphatic heterocycles. The van der Waals surface area contributed by atoms with Gasteiger partial charge in [0.1, 0.15) is 17.4 Å². The molecule has 0 aliphatic carbocycles. The molecule has 3 aromatic rings. The monoisotopic (exact) mass is 573 g/mol. The second kappa shape index (κ2) is 9.95. The van der Waals surface area contributed by atoms with E-state index >= 15 is 0 Å². The number of methoxy groups -OCH3 is 3. The molecule has 3 aromatic carbocycles. The maximum absolute atomic E-state index is 13.2. The fourth-order valence-corrected chi connectivity index (χ4v) is 5.99. The lowest BCUT2D eigenvalue weighted by molar-refractivity contribution is -0.274. The number of rotatable bonds is 6. The van der Waals surface area contributed by atoms with Crippen LogP contribution in [0.3, 0.4) is 0 Å². The van der Waals surface area contributed by atoms with E-state index in [2.05, 4.69) is 4.74 Å². The second-order valence-corrected chi connectivity index (χ2v) is 9.71. The minimum Gasteiger partial charge on any atom is -0.493 e. The number of esters is 1. The Labute approximate surface area is 233 Å². The fourth-order valence-electron chi connectivity index (χ4n) is 5.99. The first-order chi connectivity index (χ1) is 19.7. The number of alkyl halides is 3. The highest BCUT2D eigenvalue weighted by molar-refractivity contribution is 5.98. The van der Waals surface area contributed by atoms with Crippen molar-refractivity contribution in [3.63, 3.8) is 0 Å². The van der Waals surface area contributed by atoms with Gasteiger partial charge in [-0.3, -0.25) is 4.90 Å². The molecule has 0 saturated heterocycles. The highest BCUT2D eigenvalue weighted by Gasteiger charge is 2.47. The van der Waals surface area contributed by atoms with E-state index in [4.69, 9.17) is 28.4 Å². The molecule has 3 aliphatic rings. The van der Waals surface area contributed by atoms with E-state index in [9.17, 15) is 18.0 Å². The van der Waals surface area contributed by atoms with Gasteiger partial charge in [0.15, 0.2) is 23.0 Å². The van der Waals surface area contributed by atoms with Crippen molar-refractivity contribution in [1.82, 2.24) is 4.90 Å². The second-order valence-electron chi connectivity index (χ2n) is 9.71. The number of hydrogen-bond acceptors (Lipinski definition) is 9. The Bertz CT molecular complexity index is 1540. The zero-order valence-corrected chi connectivity index (χ0v) is 22.6. The third-order valence-electron chi connectivity index (χ3n) is 7.57. The number of hydrogen-bond donors (Lipinski definition) is 0. The summed E-state index contributed by atoms with van der Waals surface area (Å²) >= 11 is 0. The molecule has 0 radical (unpaired) electrons. The standard InChI is InChI=1S/C29H26F3NO8/c1-33-11-10-16-19(14-6-5-7-15(12-14)41-29(30,31)32)26-27(39-13-38-26)25(37-4)20(16)22(33)23-17-8-9-18(35-2)24(36-3)21(17)28(34)40-23/h5-9,12,22-23H,10-11,13H2,1-4H3/t22-,23+/m1/s1. The van der Waals surface area contributed by atoms with Crippen LogP contribution in [0, 0.1) is 0 Å². The van der Waals surface area contributed by atoms with Crippen LogP contribution in [0.4, 0.5) is 13.2 Å². The molecule has 0 unspecified atom stereocenters. The predicted molar refractivity (Wildman–Crippen MR) is 138 cm³/mol. The van der Waals surface area contributed by atoms with Crippen LogP contribution in [0.1, 0.15) is 39.2 Å². The zero-order valence-electron chi connectivity index (χ0n) is 22.6. The molecule has 2 atom stereocenters. The van der Waals surface area contributed by atoms with Gasteiger partial charge in [0.25, 0.3) is 0 Å². The van der Waals surface area contributed by atoms with Crippen LogP contribution in [0.25, 0.3) is 11.1 Å². The summed E-state index contributed by atoms with van der Waals surface area (Å²) < 4.78 is 77.8. The van der Waals surface area contributed by atoms with E-state index in [1.165, 1.54) is 39.5 Å². The average molecular weight is 574 g/mol. The zero-order chi connectivity index (χ0) is 29.1. The van der Waals surface area contributed by atoms with Crippen LogP contribution < -0.4 is 28.4 Å². The van der Waals surface area contributed by atoms with Gasteiger partial charge < -0.3 is 33.2 Å². The summed E-state index contributed by atoms with van der Waals surface area (Å²) in [5.74, 6) is 0.834. The topological polar surface area (TPSA) is 84.9 Å². The minimum atomic E-state index is -4.85. The Morgan fingerprint density at radius 3 is 2.41 bits per heavy atom. The van der Waals surface area contributed by atoms with Crippen molar-refractivity contribution < 1.29 is 51.1 Å². The van der Waals surface area contributed by atoms with Gasteiger partial charge >= 0.3 is 12.3 Å². The maximum atomic E-state index is 13.2. The lowest BCUT2D eigenvalue weighted by atomic mass is 9.81. The Balaban J connectivity index is 1.57. The molecule has 0 N–H and O–H groups in total. The summed E-state index contributed by atoms with van der Waals surface area (Å²) in [7, 11) is 6.34. The maximum Gasteiger partial charge on any atom is 0.573 e. The lowest BCUT2D eigenvalue weighted by Crippen LogP contribution is -2.36. The molecule has 12 heteroatoms. The van der Waals surface area contributed by atoms with Gasteiger partial charge in [-0.05, 0) is 42.8 Å². The van der Waals surface area contributed by atoms with Gasteiger partial charge in [0.05, 0.1) is 27.4 Å². The molecule has 0 saturated carbocycles. The molecule has 216 valence electrons. The molecule has 41 heavy (non-hydrogen) atoms. The third-order valence-corrected chi connectivity index (χ3v) is 7.57. The Hall–Kier alpha value is -4.32. The van der Waals surface area contributed by atoms with Gasteiger partial charge in [-0.25, -0.2) is 4.79 Å². The number of halogens is 3. The number of fused-ring (bicyclic) bond motifs is 3. The number of benzene rings is 3. The molecule has 0 spiro atoms. The quantitative estimate of drug-likeness (QED) is 0.358. The molecule has 0 bridgehead atoms. The van der Waals surface area contributed by atoms with E-state index in [-0.39, 0.29) is 23.9 Å². The average Bonchev–Trinajstić information content (AvgIpc) is 3.55. The summed E-state index contributed by atoms with van der Waals surface area (Å²) in [6, 6.07) is 8.65. The van der Waals surface area contributed by atoms with Gasteiger partial charge in [-0.1, -0.05) is 18.2 Å². The normalized spacial score (nSPS) is 19.3. The molecule has 0 amide bonds. The van der Waals surface area contributed by atoms with Crippen LogP contribution >= 0.6 is 0 Å². The van der Waals surface area contributed by atoms with E-state index < -0.39 is 24.5 Å². The molecule has 9 nitrogen and oxygen atoms in total. The predicted octanol–water partition coefficient (Wildman–Crippen LogP) is 5.45. The summed E-state index contributed by atoms with van der Waals surface area (Å²) in [5.41, 5.74) is 3.36. The fraction of sp³-hybridized carbons (Fsp3) is 0.345. The molecule has 3 heterocycles.